The van der Waals surface area contributed by atoms with Crippen molar-refractivity contribution in [3.63, 3.8) is 0 Å². The van der Waals surface area contributed by atoms with Gasteiger partial charge in [-0.15, -0.1) is 0 Å². The van der Waals surface area contributed by atoms with Gasteiger partial charge >= 0.3 is 0 Å². The summed E-state index contributed by atoms with van der Waals surface area (Å²) in [6.45, 7) is 0. The maximum absolute atomic E-state index is 14.7. The van der Waals surface area contributed by atoms with Gasteiger partial charge in [-0.3, -0.25) is 15.0 Å². The first-order valence-electron chi connectivity index (χ1n) is 25.4. The zero-order valence-corrected chi connectivity index (χ0v) is 41.2. The third kappa shape index (κ3) is 10.2. The fourth-order valence-corrected chi connectivity index (χ4v) is 10.2. The first-order valence-corrected chi connectivity index (χ1v) is 25.4. The molecule has 0 aliphatic rings. The molecule has 0 N–H and O–H groups in total. The normalized spacial score (nSPS) is 11.4. The predicted octanol–water partition coefficient (Wildman–Crippen LogP) is 18.0. The number of nitrogens with zero attached hydrogens (tertiary/aromatic N) is 3. The molecule has 3 nitrogen and oxygen atoms in total. The first kappa shape index (κ1) is 47.7. The highest BCUT2D eigenvalue weighted by atomic mass is 19.1. The molecule has 0 radical (unpaired) electrons. The lowest BCUT2D eigenvalue weighted by Gasteiger charge is -2.18. The summed E-state index contributed by atoms with van der Waals surface area (Å²) in [7, 11) is 0. The number of aromatic nitrogens is 3. The van der Waals surface area contributed by atoms with Gasteiger partial charge < -0.3 is 0 Å². The third-order valence-electron chi connectivity index (χ3n) is 14.3. The summed E-state index contributed by atoms with van der Waals surface area (Å²) >= 11 is 0. The van der Waals surface area contributed by atoms with Crippen LogP contribution in [0.25, 0.3) is 99.8 Å². The van der Waals surface area contributed by atoms with E-state index in [2.05, 4.69) is 149 Å². The zero-order chi connectivity index (χ0) is 51.5. The number of hydrogen-bond donors (Lipinski definition) is 0. The molecule has 0 saturated heterocycles. The molecule has 0 bridgehead atoms. The van der Waals surface area contributed by atoms with Crippen LogP contribution < -0.4 is 0 Å². The predicted molar refractivity (Wildman–Crippen MR) is 300 cm³/mol. The van der Waals surface area contributed by atoms with Crippen LogP contribution in [0.2, 0.25) is 0 Å². The van der Waals surface area contributed by atoms with Gasteiger partial charge in [0.25, 0.3) is 0 Å². The van der Waals surface area contributed by atoms with Crippen LogP contribution >= 0.6 is 0 Å². The highest BCUT2D eigenvalue weighted by molar-refractivity contribution is 5.97. The van der Waals surface area contributed by atoms with Crippen LogP contribution in [0.1, 0.15) is 22.3 Å². The van der Waals surface area contributed by atoms with Crippen molar-refractivity contribution in [1.29, 1.82) is 0 Å². The number of halogens is 4. The van der Waals surface area contributed by atoms with Crippen molar-refractivity contribution in [2.75, 3.05) is 0 Å². The van der Waals surface area contributed by atoms with Crippen LogP contribution in [0.4, 0.5) is 17.6 Å². The molecule has 0 aliphatic carbocycles. The van der Waals surface area contributed by atoms with Gasteiger partial charge in [-0.2, -0.15) is 0 Å². The summed E-state index contributed by atoms with van der Waals surface area (Å²) in [5.74, 6) is -2.58. The van der Waals surface area contributed by atoms with E-state index >= 15 is 0 Å². The molecule has 0 spiro atoms. The average molecular weight is 994 g/mol. The van der Waals surface area contributed by atoms with Gasteiger partial charge in [0.15, 0.2) is 0 Å². The minimum absolute atomic E-state index is 0.247. The smallest absolute Gasteiger partial charge is 0.135 e. The Balaban J connectivity index is 0.906. The molecule has 0 amide bonds. The Bertz CT molecular complexity index is 3980. The van der Waals surface area contributed by atoms with Crippen LogP contribution in [-0.4, -0.2) is 15.0 Å². The molecule has 0 fully saturated rings. The second kappa shape index (κ2) is 20.9. The molecular weight excluding hydrogens is 947 g/mol. The monoisotopic (exact) mass is 993 g/mol. The number of pyridine rings is 3. The Morgan fingerprint density at radius 1 is 0.250 bits per heavy atom. The molecular formula is C69H47F4N3. The largest absolute Gasteiger partial charge is 0.256 e. The van der Waals surface area contributed by atoms with E-state index in [1.165, 1.54) is 46.2 Å². The average Bonchev–Trinajstić information content (AvgIpc) is 3.46. The van der Waals surface area contributed by atoms with Crippen molar-refractivity contribution in [3.05, 3.63) is 283 Å². The van der Waals surface area contributed by atoms with Crippen LogP contribution in [0.15, 0.2) is 237 Å². The summed E-state index contributed by atoms with van der Waals surface area (Å²) in [6.07, 6.45) is 8.29. The summed E-state index contributed by atoms with van der Waals surface area (Å²) in [5.41, 5.74) is 16.1. The van der Waals surface area contributed by atoms with Gasteiger partial charge in [-0.25, -0.2) is 17.6 Å². The summed E-state index contributed by atoms with van der Waals surface area (Å²) in [4.78, 5) is 14.2. The van der Waals surface area contributed by atoms with Crippen molar-refractivity contribution in [2.45, 2.75) is 25.7 Å². The van der Waals surface area contributed by atoms with Gasteiger partial charge in [0.05, 0.1) is 17.1 Å². The zero-order valence-electron chi connectivity index (χ0n) is 41.2. The number of hydrogen-bond acceptors (Lipinski definition) is 3. The van der Waals surface area contributed by atoms with E-state index in [0.717, 1.165) is 89.8 Å². The Kier molecular flexibility index (Phi) is 13.1. The third-order valence-corrected chi connectivity index (χ3v) is 14.3. The van der Waals surface area contributed by atoms with Crippen molar-refractivity contribution in [2.24, 2.45) is 0 Å². The minimum Gasteiger partial charge on any atom is -0.256 e. The van der Waals surface area contributed by atoms with Gasteiger partial charge in [-0.1, -0.05) is 146 Å². The molecule has 3 aromatic heterocycles. The lowest BCUT2D eigenvalue weighted by Crippen LogP contribution is -1.99. The van der Waals surface area contributed by atoms with Crippen LogP contribution in [0.5, 0.6) is 0 Å². The van der Waals surface area contributed by atoms with E-state index in [1.807, 2.05) is 36.5 Å². The molecule has 9 aromatic carbocycles. The van der Waals surface area contributed by atoms with Crippen molar-refractivity contribution < 1.29 is 17.6 Å². The van der Waals surface area contributed by atoms with E-state index in [4.69, 9.17) is 4.98 Å². The molecule has 12 aromatic rings. The molecule has 0 saturated carbocycles. The Morgan fingerprint density at radius 3 is 1.32 bits per heavy atom. The standard InChI is InChI=1S/C69H47F4N3/c70-57-26-28-61(65(72)38-57)67-30-18-44(41-74-67)14-16-46-32-47(17-15-45-19-31-68(75-42-45)62-29-27-58(71)39-66(62)73)34-56(33-46)59-12-6-7-13-60(59)64-43-76-69(49-9-2-1-3-10-49)40-63(64)55-25-24-53-36-52(22-23-54(53)37-55)51-21-20-48-8-4-5-11-50(48)35-51/h1-13,18-43H,14-17H2. The van der Waals surface area contributed by atoms with E-state index in [1.54, 1.807) is 24.5 Å². The molecule has 0 atom stereocenters. The highest BCUT2D eigenvalue weighted by Gasteiger charge is 2.18. The number of fused-ring (bicyclic) bond motifs is 2. The fourth-order valence-electron chi connectivity index (χ4n) is 10.2. The summed E-state index contributed by atoms with van der Waals surface area (Å²) < 4.78 is 56.8. The number of aryl methyl sites for hydroxylation is 4. The molecule has 0 aliphatic heterocycles. The summed E-state index contributed by atoms with van der Waals surface area (Å²) in [5, 5.41) is 4.72. The van der Waals surface area contributed by atoms with Crippen LogP contribution in [0.3, 0.4) is 0 Å². The van der Waals surface area contributed by atoms with Crippen LogP contribution in [-0.2, 0) is 25.7 Å². The van der Waals surface area contributed by atoms with Crippen LogP contribution in [0, 0.1) is 23.3 Å². The second-order valence-corrected chi connectivity index (χ2v) is 19.3. The molecule has 7 heteroatoms. The lowest BCUT2D eigenvalue weighted by atomic mass is 9.87. The van der Waals surface area contributed by atoms with E-state index in [0.29, 0.717) is 37.1 Å². The Labute approximate surface area is 438 Å². The quantitative estimate of drug-likeness (QED) is 0.108. The Morgan fingerprint density at radius 2 is 0.737 bits per heavy atom. The van der Waals surface area contributed by atoms with E-state index in [9.17, 15) is 17.6 Å². The van der Waals surface area contributed by atoms with Gasteiger partial charge in [0.2, 0.25) is 0 Å². The number of rotatable bonds is 13. The summed E-state index contributed by atoms with van der Waals surface area (Å²) in [6, 6.07) is 70.8. The Hall–Kier alpha value is -9.33. The van der Waals surface area contributed by atoms with E-state index < -0.39 is 23.3 Å². The SMILES string of the molecule is Fc1ccc(-c2ccc(CCc3cc(CCc4ccc(-c5ccc(F)cc5F)nc4)cc(-c4ccccc4-c4cnc(-c5ccccc5)cc4-c4ccc5cc(-c6ccc7ccccc7c6)ccc5c4)c3)cn2)c(F)c1. The van der Waals surface area contributed by atoms with Gasteiger partial charge in [0, 0.05) is 53.0 Å². The van der Waals surface area contributed by atoms with Gasteiger partial charge in [0.1, 0.15) is 23.3 Å². The van der Waals surface area contributed by atoms with Crippen molar-refractivity contribution in [3.8, 4) is 78.3 Å². The highest BCUT2D eigenvalue weighted by Crippen LogP contribution is 2.41. The van der Waals surface area contributed by atoms with Crippen molar-refractivity contribution in [1.82, 2.24) is 15.0 Å². The molecule has 0 unspecified atom stereocenters. The topological polar surface area (TPSA) is 38.7 Å². The molecule has 366 valence electrons. The van der Waals surface area contributed by atoms with Gasteiger partial charge in [-0.05, 0) is 169 Å². The van der Waals surface area contributed by atoms with Crippen molar-refractivity contribution >= 4 is 21.5 Å². The van der Waals surface area contributed by atoms with E-state index in [-0.39, 0.29) is 11.1 Å². The number of benzene rings is 9. The first-order chi connectivity index (χ1) is 37.2. The fraction of sp³-hybridized carbons (Fsp3) is 0.0580. The minimum atomic E-state index is -0.655. The maximum atomic E-state index is 14.7. The maximum Gasteiger partial charge on any atom is 0.135 e. The lowest BCUT2D eigenvalue weighted by molar-refractivity contribution is 0.584. The molecule has 3 heterocycles. The second-order valence-electron chi connectivity index (χ2n) is 19.3. The molecule has 12 rings (SSSR count). The molecule has 76 heavy (non-hydrogen) atoms.